The summed E-state index contributed by atoms with van der Waals surface area (Å²) in [5.74, 6) is 0.874. The van der Waals surface area contributed by atoms with E-state index in [0.717, 1.165) is 61.7 Å². The molecule has 0 radical (unpaired) electrons. The number of rotatable bonds is 0. The van der Waals surface area contributed by atoms with Gasteiger partial charge in [0.2, 0.25) is 10.0 Å². The smallest absolute Gasteiger partial charge is 0.264 e. The minimum Gasteiger partial charge on any atom is -0.487 e. The van der Waals surface area contributed by atoms with Crippen molar-refractivity contribution in [2.75, 3.05) is 37.7 Å². The first-order chi connectivity index (χ1) is 21.6. The molecule has 2 spiro atoms. The molecule has 1 amide bonds. The Morgan fingerprint density at radius 2 is 1.91 bits per heavy atom. The van der Waals surface area contributed by atoms with Crippen molar-refractivity contribution in [2.24, 2.45) is 23.2 Å². The van der Waals surface area contributed by atoms with Crippen molar-refractivity contribution in [2.45, 2.75) is 69.8 Å². The number of halogens is 1. The average molecular weight is 654 g/mol. The number of aryl methyl sites for hydroxylation is 1. The summed E-state index contributed by atoms with van der Waals surface area (Å²) in [5.41, 5.74) is 3.12. The molecule has 8 rings (SSSR count). The van der Waals surface area contributed by atoms with Gasteiger partial charge in [-0.05, 0) is 104 Å². The minimum absolute atomic E-state index is 0.0968. The van der Waals surface area contributed by atoms with Crippen LogP contribution < -0.4 is 19.7 Å². The third-order valence-electron chi connectivity index (χ3n) is 11.2. The minimum atomic E-state index is -3.91. The van der Waals surface area contributed by atoms with E-state index in [1.165, 1.54) is 18.4 Å². The maximum Gasteiger partial charge on any atom is 0.264 e. The highest BCUT2D eigenvalue weighted by molar-refractivity contribution is 7.90. The molecule has 4 atom stereocenters. The van der Waals surface area contributed by atoms with Crippen molar-refractivity contribution >= 4 is 33.2 Å². The molecule has 4 fully saturated rings. The van der Waals surface area contributed by atoms with Gasteiger partial charge in [-0.15, -0.1) is 0 Å². The molecular formula is C35H44ClN3O5S. The predicted molar refractivity (Wildman–Crippen MR) is 176 cm³/mol. The molecule has 242 valence electrons. The molecule has 0 unspecified atom stereocenters. The normalized spacial score (nSPS) is 35.3. The summed E-state index contributed by atoms with van der Waals surface area (Å²) < 4.78 is 42.3. The third-order valence-corrected chi connectivity index (χ3v) is 13.4. The highest BCUT2D eigenvalue weighted by Crippen LogP contribution is 2.73. The van der Waals surface area contributed by atoms with Crippen LogP contribution in [-0.2, 0) is 27.8 Å². The number of hydrogen-bond donors (Lipinski definition) is 2. The second kappa shape index (κ2) is 11.9. The van der Waals surface area contributed by atoms with E-state index in [1.807, 2.05) is 37.3 Å². The first kappa shape index (κ1) is 31.0. The number of anilines is 1. The van der Waals surface area contributed by atoms with E-state index in [2.05, 4.69) is 27.1 Å². The summed E-state index contributed by atoms with van der Waals surface area (Å²) in [6, 6.07) is 11.3. The van der Waals surface area contributed by atoms with Gasteiger partial charge in [-0.25, -0.2) is 13.1 Å². The maximum atomic E-state index is 13.5. The van der Waals surface area contributed by atoms with E-state index >= 15 is 0 Å². The SMILES string of the molecule is C[C@@H]1[C@@H](C)C/C=C/[C@]2(CNCCO2)[C@@H]2C3CC2(C3)CN2CCCCc3cc(Cl)ccc3COc3ccc(cc32)C(=O)NS1(=O)=O. The summed E-state index contributed by atoms with van der Waals surface area (Å²) in [6.45, 7) is 7.87. The topological polar surface area (TPSA) is 97.0 Å². The number of ether oxygens (including phenoxy) is 2. The van der Waals surface area contributed by atoms with E-state index in [1.54, 1.807) is 13.0 Å². The Kier molecular flexibility index (Phi) is 8.20. The largest absolute Gasteiger partial charge is 0.487 e. The fourth-order valence-electron chi connectivity index (χ4n) is 8.55. The molecule has 4 bridgehead atoms. The van der Waals surface area contributed by atoms with Gasteiger partial charge < -0.3 is 19.7 Å². The van der Waals surface area contributed by atoms with Crippen molar-refractivity contribution < 1.29 is 22.7 Å². The fourth-order valence-corrected chi connectivity index (χ4v) is 10.0. The van der Waals surface area contributed by atoms with Crippen LogP contribution in [0.4, 0.5) is 5.69 Å². The number of amides is 1. The Labute approximate surface area is 271 Å². The first-order valence-electron chi connectivity index (χ1n) is 16.5. The van der Waals surface area contributed by atoms with Crippen LogP contribution in [-0.4, -0.2) is 58.0 Å². The molecule has 2 aromatic rings. The van der Waals surface area contributed by atoms with Crippen molar-refractivity contribution in [3.8, 4) is 5.75 Å². The molecule has 6 aliphatic rings. The van der Waals surface area contributed by atoms with Crippen molar-refractivity contribution in [3.05, 3.63) is 70.3 Å². The number of allylic oxidation sites excluding steroid dienone is 1. The Hall–Kier alpha value is -2.59. The second-order valence-corrected chi connectivity index (χ2v) is 16.5. The second-order valence-electron chi connectivity index (χ2n) is 14.0. The Balaban J connectivity index is 1.30. The summed E-state index contributed by atoms with van der Waals surface area (Å²) in [7, 11) is -3.91. The van der Waals surface area contributed by atoms with Crippen molar-refractivity contribution in [1.29, 1.82) is 0 Å². The van der Waals surface area contributed by atoms with Gasteiger partial charge in [0.1, 0.15) is 18.0 Å². The zero-order chi connectivity index (χ0) is 31.4. The monoisotopic (exact) mass is 653 g/mol. The number of sulfonamides is 1. The number of carbonyl (C=O) groups excluding carboxylic acids is 1. The fraction of sp³-hybridized carbons (Fsp3) is 0.571. The number of fused-ring (bicyclic) bond motifs is 2. The lowest BCUT2D eigenvalue weighted by atomic mass is 9.34. The van der Waals surface area contributed by atoms with Crippen LogP contribution in [0.2, 0.25) is 5.02 Å². The van der Waals surface area contributed by atoms with Gasteiger partial charge in [-0.3, -0.25) is 4.79 Å². The number of nitrogens with zero attached hydrogens (tertiary/aromatic N) is 1. The molecule has 2 N–H and O–H groups in total. The van der Waals surface area contributed by atoms with Gasteiger partial charge in [-0.1, -0.05) is 36.7 Å². The highest BCUT2D eigenvalue weighted by atomic mass is 35.5. The molecule has 10 heteroatoms. The maximum absolute atomic E-state index is 13.5. The van der Waals surface area contributed by atoms with E-state index in [-0.39, 0.29) is 11.3 Å². The number of benzene rings is 2. The lowest BCUT2D eigenvalue weighted by Crippen LogP contribution is -2.75. The molecule has 0 aromatic heterocycles. The lowest BCUT2D eigenvalue weighted by molar-refractivity contribution is -0.266. The van der Waals surface area contributed by atoms with Gasteiger partial charge in [0, 0.05) is 42.7 Å². The van der Waals surface area contributed by atoms with Crippen LogP contribution in [0.1, 0.15) is 67.4 Å². The summed E-state index contributed by atoms with van der Waals surface area (Å²) >= 11 is 6.37. The molecule has 8 nitrogen and oxygen atoms in total. The van der Waals surface area contributed by atoms with Gasteiger partial charge in [0.25, 0.3) is 5.91 Å². The molecule has 3 aliphatic carbocycles. The van der Waals surface area contributed by atoms with Crippen LogP contribution in [0.15, 0.2) is 48.6 Å². The molecule has 45 heavy (non-hydrogen) atoms. The van der Waals surface area contributed by atoms with Gasteiger partial charge in [-0.2, -0.15) is 0 Å². The zero-order valence-electron chi connectivity index (χ0n) is 26.2. The Morgan fingerprint density at radius 3 is 2.67 bits per heavy atom. The predicted octanol–water partition coefficient (Wildman–Crippen LogP) is 5.49. The van der Waals surface area contributed by atoms with Gasteiger partial charge in [0.15, 0.2) is 0 Å². The zero-order valence-corrected chi connectivity index (χ0v) is 27.8. The number of hydrogen-bond acceptors (Lipinski definition) is 7. The summed E-state index contributed by atoms with van der Waals surface area (Å²) in [4.78, 5) is 15.9. The quantitative estimate of drug-likeness (QED) is 0.363. The van der Waals surface area contributed by atoms with E-state index in [0.29, 0.717) is 42.8 Å². The number of carbonyl (C=O) groups is 1. The van der Waals surface area contributed by atoms with Crippen LogP contribution in [0.25, 0.3) is 0 Å². The van der Waals surface area contributed by atoms with E-state index in [9.17, 15) is 13.2 Å². The van der Waals surface area contributed by atoms with Crippen LogP contribution >= 0.6 is 11.6 Å². The van der Waals surface area contributed by atoms with Crippen LogP contribution in [0, 0.1) is 23.2 Å². The van der Waals surface area contributed by atoms with E-state index < -0.39 is 26.8 Å². The van der Waals surface area contributed by atoms with Crippen molar-refractivity contribution in [1.82, 2.24) is 10.0 Å². The number of morpholine rings is 1. The molecular weight excluding hydrogens is 610 g/mol. The average Bonchev–Trinajstić information content (AvgIpc) is 3.01. The van der Waals surface area contributed by atoms with Gasteiger partial charge >= 0.3 is 0 Å². The summed E-state index contributed by atoms with van der Waals surface area (Å²) in [6.07, 6.45) is 10.1. The number of nitrogens with one attached hydrogen (secondary N) is 2. The third kappa shape index (κ3) is 5.68. The van der Waals surface area contributed by atoms with E-state index in [4.69, 9.17) is 21.1 Å². The first-order valence-corrected chi connectivity index (χ1v) is 18.4. The Bertz CT molecular complexity index is 1600. The molecule has 3 heterocycles. The molecule has 3 saturated carbocycles. The molecule has 3 aliphatic heterocycles. The highest BCUT2D eigenvalue weighted by Gasteiger charge is 2.71. The standard InChI is InChI=1S/C35H44ClN3O5S/c1-23-6-5-12-35(21-37-13-15-44-35)32-28-18-34(32,19-28)22-39-14-4-3-7-25-16-29(36)10-8-27(25)20-43-31-11-9-26(17-30(31)39)33(40)38-45(41,42)24(23)2/h5,8-12,16-17,23-24,28,32,37H,3-4,6-7,13-15,18-22H2,1-2H3,(H,38,40)/b12-5+/t23-,24+,28?,32+,34?,35-/m0/s1. The van der Waals surface area contributed by atoms with Gasteiger partial charge in [0.05, 0.1) is 17.5 Å². The molecule has 1 saturated heterocycles. The van der Waals surface area contributed by atoms with Crippen molar-refractivity contribution in [3.63, 3.8) is 0 Å². The molecule has 2 aromatic carbocycles. The Morgan fingerprint density at radius 1 is 1.07 bits per heavy atom. The van der Waals surface area contributed by atoms with Crippen LogP contribution in [0.5, 0.6) is 5.75 Å². The van der Waals surface area contributed by atoms with Crippen LogP contribution in [0.3, 0.4) is 0 Å². The lowest BCUT2D eigenvalue weighted by Gasteiger charge is -2.74. The summed E-state index contributed by atoms with van der Waals surface area (Å²) in [5, 5.41) is 3.57.